The smallest absolute Gasteiger partial charge is 0.260 e. The number of hydrogen-bond donors (Lipinski definition) is 1. The van der Waals surface area contributed by atoms with Crippen LogP contribution in [0, 0.1) is 13.8 Å². The molecule has 2 aromatic rings. The molecule has 1 atom stereocenters. The predicted molar refractivity (Wildman–Crippen MR) is 110 cm³/mol. The Balaban J connectivity index is 1.60. The molecule has 154 valence electrons. The van der Waals surface area contributed by atoms with Gasteiger partial charge in [0.1, 0.15) is 11.6 Å². The molecule has 2 heterocycles. The van der Waals surface area contributed by atoms with E-state index in [1.165, 1.54) is 0 Å². The first-order valence-corrected chi connectivity index (χ1v) is 10.0. The fourth-order valence-corrected chi connectivity index (χ4v) is 3.57. The molecule has 29 heavy (non-hydrogen) atoms. The summed E-state index contributed by atoms with van der Waals surface area (Å²) in [4.78, 5) is 35.5. The second-order valence-corrected chi connectivity index (χ2v) is 7.29. The maximum atomic E-state index is 12.5. The Morgan fingerprint density at radius 3 is 2.52 bits per heavy atom. The van der Waals surface area contributed by atoms with E-state index in [1.807, 2.05) is 56.0 Å². The lowest BCUT2D eigenvalue weighted by atomic mass is 10.0. The summed E-state index contributed by atoms with van der Waals surface area (Å²) in [5.41, 5.74) is 2.54. The van der Waals surface area contributed by atoms with Gasteiger partial charge in [0.25, 0.3) is 5.91 Å². The van der Waals surface area contributed by atoms with E-state index in [0.29, 0.717) is 25.4 Å². The average Bonchev–Trinajstić information content (AvgIpc) is 3.20. The van der Waals surface area contributed by atoms with Crippen LogP contribution in [0.4, 0.5) is 0 Å². The lowest BCUT2D eigenvalue weighted by Crippen LogP contribution is -2.33. The van der Waals surface area contributed by atoms with Crippen molar-refractivity contribution < 1.29 is 14.3 Å². The number of nitrogens with zero attached hydrogens (tertiary/aromatic N) is 3. The first-order chi connectivity index (χ1) is 14.0. The van der Waals surface area contributed by atoms with Crippen LogP contribution in [0.15, 0.2) is 30.3 Å². The third-order valence-electron chi connectivity index (χ3n) is 5.16. The monoisotopic (exact) mass is 396 g/mol. The molecule has 1 aliphatic rings. The zero-order valence-corrected chi connectivity index (χ0v) is 17.3. The highest BCUT2D eigenvalue weighted by atomic mass is 16.5. The molecule has 1 fully saturated rings. The Morgan fingerprint density at radius 2 is 1.86 bits per heavy atom. The normalized spacial score (nSPS) is 16.0. The van der Waals surface area contributed by atoms with Crippen LogP contribution in [0.1, 0.15) is 42.0 Å². The number of rotatable bonds is 7. The van der Waals surface area contributed by atoms with Crippen molar-refractivity contribution in [3.05, 3.63) is 53.1 Å². The van der Waals surface area contributed by atoms with E-state index in [2.05, 4.69) is 15.3 Å². The Hall–Kier alpha value is -2.96. The van der Waals surface area contributed by atoms with Crippen LogP contribution in [0.25, 0.3) is 0 Å². The maximum Gasteiger partial charge on any atom is 0.260 e. The molecule has 7 heteroatoms. The second kappa shape index (κ2) is 9.49. The molecule has 0 spiro atoms. The summed E-state index contributed by atoms with van der Waals surface area (Å²) in [7, 11) is 0. The zero-order valence-electron chi connectivity index (χ0n) is 17.3. The van der Waals surface area contributed by atoms with Gasteiger partial charge in [0.05, 0.1) is 6.42 Å². The highest BCUT2D eigenvalue weighted by Gasteiger charge is 2.30. The maximum absolute atomic E-state index is 12.5. The van der Waals surface area contributed by atoms with Crippen LogP contribution in [-0.4, -0.2) is 52.9 Å². The topological polar surface area (TPSA) is 84.4 Å². The molecule has 0 radical (unpaired) electrons. The van der Waals surface area contributed by atoms with Gasteiger partial charge in [-0.1, -0.05) is 18.2 Å². The number of ether oxygens (including phenoxy) is 1. The van der Waals surface area contributed by atoms with Crippen LogP contribution in [0.5, 0.6) is 5.75 Å². The molecule has 7 nitrogen and oxygen atoms in total. The van der Waals surface area contributed by atoms with Crippen molar-refractivity contribution in [1.29, 1.82) is 0 Å². The highest BCUT2D eigenvalue weighted by Crippen LogP contribution is 2.26. The lowest BCUT2D eigenvalue weighted by Gasteiger charge is -2.17. The van der Waals surface area contributed by atoms with Crippen molar-refractivity contribution in [1.82, 2.24) is 20.2 Å². The number of para-hydroxylation sites is 1. The third kappa shape index (κ3) is 5.31. The van der Waals surface area contributed by atoms with Gasteiger partial charge >= 0.3 is 0 Å². The summed E-state index contributed by atoms with van der Waals surface area (Å²) < 4.78 is 5.57. The number of hydrogen-bond acceptors (Lipinski definition) is 5. The minimum Gasteiger partial charge on any atom is -0.484 e. The number of aryl methyl sites for hydroxylation is 2. The van der Waals surface area contributed by atoms with Gasteiger partial charge < -0.3 is 15.0 Å². The Bertz CT molecular complexity index is 847. The van der Waals surface area contributed by atoms with Gasteiger partial charge in [-0.05, 0) is 39.3 Å². The number of aromatic nitrogens is 2. The van der Waals surface area contributed by atoms with Gasteiger partial charge in [-0.25, -0.2) is 9.97 Å². The first kappa shape index (κ1) is 20.8. The molecule has 0 unspecified atom stereocenters. The van der Waals surface area contributed by atoms with Gasteiger partial charge in [0, 0.05) is 42.5 Å². The Morgan fingerprint density at radius 1 is 1.17 bits per heavy atom. The van der Waals surface area contributed by atoms with E-state index in [-0.39, 0.29) is 30.8 Å². The Kier molecular flexibility index (Phi) is 6.80. The van der Waals surface area contributed by atoms with Gasteiger partial charge in [0.15, 0.2) is 6.61 Å². The molecule has 3 rings (SSSR count). The van der Waals surface area contributed by atoms with Crippen LogP contribution in [-0.2, 0) is 16.0 Å². The van der Waals surface area contributed by atoms with E-state index in [4.69, 9.17) is 4.74 Å². The summed E-state index contributed by atoms with van der Waals surface area (Å²) in [5.74, 6) is 1.49. The second-order valence-electron chi connectivity index (χ2n) is 7.29. The molecule has 2 amide bonds. The summed E-state index contributed by atoms with van der Waals surface area (Å²) >= 11 is 0. The third-order valence-corrected chi connectivity index (χ3v) is 5.16. The molecule has 0 saturated carbocycles. The molecular formula is C22H28N4O3. The van der Waals surface area contributed by atoms with Crippen LogP contribution >= 0.6 is 0 Å². The predicted octanol–water partition coefficient (Wildman–Crippen LogP) is 2.17. The number of nitrogens with one attached hydrogen (secondary N) is 1. The van der Waals surface area contributed by atoms with Crippen LogP contribution < -0.4 is 10.1 Å². The first-order valence-electron chi connectivity index (χ1n) is 10.0. The fourth-order valence-electron chi connectivity index (χ4n) is 3.57. The van der Waals surface area contributed by atoms with Crippen molar-refractivity contribution in [3.63, 3.8) is 0 Å². The number of benzene rings is 1. The summed E-state index contributed by atoms with van der Waals surface area (Å²) in [5, 5.41) is 2.81. The van der Waals surface area contributed by atoms with Gasteiger partial charge in [-0.3, -0.25) is 9.59 Å². The molecule has 1 aliphatic heterocycles. The average molecular weight is 396 g/mol. The van der Waals surface area contributed by atoms with E-state index in [0.717, 1.165) is 29.2 Å². The minimum atomic E-state index is -0.0300. The van der Waals surface area contributed by atoms with E-state index < -0.39 is 0 Å². The number of carbonyl (C=O) groups excluding carboxylic acids is 2. The van der Waals surface area contributed by atoms with Gasteiger partial charge in [-0.15, -0.1) is 0 Å². The lowest BCUT2D eigenvalue weighted by molar-refractivity contribution is -0.132. The van der Waals surface area contributed by atoms with Crippen molar-refractivity contribution in [2.45, 2.75) is 39.5 Å². The standard InChI is InChI=1S/C22H28N4O3/c1-4-23-20(27)12-19-15(2)24-22(25-16(19)3)17-10-11-26(13-17)21(28)14-29-18-8-6-5-7-9-18/h5-9,17H,4,10-14H2,1-3H3,(H,23,27)/t17-/m0/s1. The molecule has 0 bridgehead atoms. The quantitative estimate of drug-likeness (QED) is 0.775. The van der Waals surface area contributed by atoms with Crippen molar-refractivity contribution in [2.24, 2.45) is 0 Å². The van der Waals surface area contributed by atoms with E-state index in [1.54, 1.807) is 0 Å². The van der Waals surface area contributed by atoms with E-state index in [9.17, 15) is 9.59 Å². The molecule has 0 aliphatic carbocycles. The molecule has 1 aromatic carbocycles. The SMILES string of the molecule is CCNC(=O)Cc1c(C)nc([C@H]2CCN(C(=O)COc3ccccc3)C2)nc1C. The van der Waals surface area contributed by atoms with E-state index >= 15 is 0 Å². The largest absolute Gasteiger partial charge is 0.484 e. The zero-order chi connectivity index (χ0) is 20.8. The molecular weight excluding hydrogens is 368 g/mol. The summed E-state index contributed by atoms with van der Waals surface area (Å²) in [6, 6.07) is 9.33. The molecule has 1 saturated heterocycles. The number of amides is 2. The summed E-state index contributed by atoms with van der Waals surface area (Å²) in [6.45, 7) is 7.62. The van der Waals surface area contributed by atoms with Crippen LogP contribution in [0.2, 0.25) is 0 Å². The molecule has 1 aromatic heterocycles. The van der Waals surface area contributed by atoms with Crippen LogP contribution in [0.3, 0.4) is 0 Å². The van der Waals surface area contributed by atoms with Crippen molar-refractivity contribution in [2.75, 3.05) is 26.2 Å². The van der Waals surface area contributed by atoms with Gasteiger partial charge in [0.2, 0.25) is 5.91 Å². The summed E-state index contributed by atoms with van der Waals surface area (Å²) in [6.07, 6.45) is 1.11. The minimum absolute atomic E-state index is 0.0221. The number of carbonyl (C=O) groups is 2. The van der Waals surface area contributed by atoms with Gasteiger partial charge in [-0.2, -0.15) is 0 Å². The number of likely N-dealkylation sites (tertiary alicyclic amines) is 1. The van der Waals surface area contributed by atoms with Crippen molar-refractivity contribution in [3.8, 4) is 5.75 Å². The Labute approximate surface area is 171 Å². The fraction of sp³-hybridized carbons (Fsp3) is 0.455. The number of likely N-dealkylation sites (N-methyl/N-ethyl adjacent to an activating group) is 1. The molecule has 1 N–H and O–H groups in total. The highest BCUT2D eigenvalue weighted by molar-refractivity contribution is 5.79. The van der Waals surface area contributed by atoms with Crippen molar-refractivity contribution >= 4 is 11.8 Å².